The van der Waals surface area contributed by atoms with Gasteiger partial charge in [-0.25, -0.2) is 0 Å². The molecule has 0 unspecified atom stereocenters. The number of benzene rings is 1. The van der Waals surface area contributed by atoms with E-state index in [2.05, 4.69) is 6.92 Å². The van der Waals surface area contributed by atoms with E-state index < -0.39 is 0 Å². The van der Waals surface area contributed by atoms with Crippen LogP contribution in [0.25, 0.3) is 0 Å². The predicted octanol–water partition coefficient (Wildman–Crippen LogP) is 6.22. The van der Waals surface area contributed by atoms with Gasteiger partial charge in [-0.3, -0.25) is 9.59 Å². The van der Waals surface area contributed by atoms with Crippen molar-refractivity contribution in [1.82, 2.24) is 0 Å². The molecule has 0 N–H and O–H groups in total. The van der Waals surface area contributed by atoms with Gasteiger partial charge in [0.1, 0.15) is 0 Å². The highest BCUT2D eigenvalue weighted by Crippen LogP contribution is 2.27. The molecule has 1 aromatic carbocycles. The van der Waals surface area contributed by atoms with Crippen molar-refractivity contribution in [3.8, 4) is 11.5 Å². The van der Waals surface area contributed by atoms with Gasteiger partial charge in [0.25, 0.3) is 0 Å². The summed E-state index contributed by atoms with van der Waals surface area (Å²) in [5.41, 5.74) is 0. The van der Waals surface area contributed by atoms with Crippen LogP contribution in [0.4, 0.5) is 0 Å². The number of unbranched alkanes of at least 4 members (excludes halogenated alkanes) is 8. The van der Waals surface area contributed by atoms with Crippen LogP contribution in [0.15, 0.2) is 24.3 Å². The molecule has 0 aliphatic carbocycles. The summed E-state index contributed by atoms with van der Waals surface area (Å²) in [5, 5.41) is 0. The summed E-state index contributed by atoms with van der Waals surface area (Å²) < 4.78 is 10.7. The number of hydrogen-bond acceptors (Lipinski definition) is 4. The van der Waals surface area contributed by atoms with Gasteiger partial charge < -0.3 is 9.47 Å². The van der Waals surface area contributed by atoms with Gasteiger partial charge in [0, 0.05) is 12.8 Å². The second-order valence-corrected chi connectivity index (χ2v) is 6.72. The lowest BCUT2D eigenvalue weighted by atomic mass is 10.1. The zero-order chi connectivity index (χ0) is 19.0. The van der Waals surface area contributed by atoms with E-state index in [-0.39, 0.29) is 11.9 Å². The minimum atomic E-state index is -0.293. The molecule has 0 saturated heterocycles. The minimum absolute atomic E-state index is 0.270. The number of para-hydroxylation sites is 2. The van der Waals surface area contributed by atoms with Crippen LogP contribution in [0.5, 0.6) is 11.5 Å². The Balaban J connectivity index is 2.30. The molecule has 0 aromatic heterocycles. The first-order valence-electron chi connectivity index (χ1n) is 10.2. The van der Waals surface area contributed by atoms with Crippen LogP contribution in [0, 0.1) is 0 Å². The maximum atomic E-state index is 12.0. The number of rotatable bonds is 14. The minimum Gasteiger partial charge on any atom is -0.423 e. The monoisotopic (exact) mass is 362 g/mol. The summed E-state index contributed by atoms with van der Waals surface area (Å²) in [6.45, 7) is 4.24. The third-order valence-electron chi connectivity index (χ3n) is 4.27. The Morgan fingerprint density at radius 2 is 1.08 bits per heavy atom. The van der Waals surface area contributed by atoms with Crippen LogP contribution in [0.1, 0.15) is 90.9 Å². The standard InChI is InChI=1S/C22H34O4/c1-3-5-7-8-9-10-11-12-18-22(24)26-20-16-14-13-15-19(20)25-21(23)17-6-4-2/h13-16H,3-12,17-18H2,1-2H3. The van der Waals surface area contributed by atoms with Crippen LogP contribution in [0.2, 0.25) is 0 Å². The van der Waals surface area contributed by atoms with E-state index in [1.165, 1.54) is 38.5 Å². The van der Waals surface area contributed by atoms with E-state index in [4.69, 9.17) is 9.47 Å². The average Bonchev–Trinajstić information content (AvgIpc) is 2.64. The molecule has 26 heavy (non-hydrogen) atoms. The molecule has 0 saturated carbocycles. The molecule has 0 aliphatic heterocycles. The van der Waals surface area contributed by atoms with Crippen LogP contribution >= 0.6 is 0 Å². The normalized spacial score (nSPS) is 10.5. The van der Waals surface area contributed by atoms with Gasteiger partial charge >= 0.3 is 11.9 Å². The van der Waals surface area contributed by atoms with E-state index in [0.29, 0.717) is 24.3 Å². The molecule has 0 amide bonds. The molecule has 0 bridgehead atoms. The smallest absolute Gasteiger partial charge is 0.311 e. The third kappa shape index (κ3) is 10.2. The molecule has 0 spiro atoms. The number of carbonyl (C=O) groups excluding carboxylic acids is 2. The topological polar surface area (TPSA) is 52.6 Å². The van der Waals surface area contributed by atoms with Crippen molar-refractivity contribution in [3.63, 3.8) is 0 Å². The van der Waals surface area contributed by atoms with Gasteiger partial charge in [-0.05, 0) is 25.0 Å². The molecule has 0 heterocycles. The Morgan fingerprint density at radius 1 is 0.654 bits per heavy atom. The highest BCUT2D eigenvalue weighted by molar-refractivity contribution is 5.76. The highest BCUT2D eigenvalue weighted by atomic mass is 16.6. The predicted molar refractivity (Wildman–Crippen MR) is 104 cm³/mol. The fraction of sp³-hybridized carbons (Fsp3) is 0.636. The molecular weight excluding hydrogens is 328 g/mol. The lowest BCUT2D eigenvalue weighted by molar-refractivity contribution is -0.137. The Bertz CT molecular complexity index is 525. The lowest BCUT2D eigenvalue weighted by Crippen LogP contribution is -2.11. The molecule has 1 rings (SSSR count). The van der Waals surface area contributed by atoms with Crippen molar-refractivity contribution in [2.24, 2.45) is 0 Å². The average molecular weight is 363 g/mol. The lowest BCUT2D eigenvalue weighted by Gasteiger charge is -2.10. The second kappa shape index (κ2) is 14.3. The van der Waals surface area contributed by atoms with Crippen LogP contribution in [-0.4, -0.2) is 11.9 Å². The Labute approximate surface area is 158 Å². The first-order chi connectivity index (χ1) is 12.7. The Hall–Kier alpha value is -1.84. The first kappa shape index (κ1) is 22.2. The molecule has 0 atom stereocenters. The number of esters is 2. The molecule has 4 nitrogen and oxygen atoms in total. The van der Waals surface area contributed by atoms with Crippen molar-refractivity contribution in [3.05, 3.63) is 24.3 Å². The summed E-state index contributed by atoms with van der Waals surface area (Å²) in [6.07, 6.45) is 12.0. The molecule has 146 valence electrons. The van der Waals surface area contributed by atoms with Crippen molar-refractivity contribution < 1.29 is 19.1 Å². The maximum absolute atomic E-state index is 12.0. The van der Waals surface area contributed by atoms with Gasteiger partial charge in [-0.15, -0.1) is 0 Å². The SMILES string of the molecule is CCCCCCCCCCC(=O)Oc1ccccc1OC(=O)CCCC. The summed E-state index contributed by atoms with van der Waals surface area (Å²) in [4.78, 5) is 23.8. The van der Waals surface area contributed by atoms with Crippen LogP contribution in [0.3, 0.4) is 0 Å². The van der Waals surface area contributed by atoms with E-state index in [9.17, 15) is 9.59 Å². The van der Waals surface area contributed by atoms with Gasteiger partial charge in [0.15, 0.2) is 11.5 Å². The van der Waals surface area contributed by atoms with Crippen molar-refractivity contribution in [2.75, 3.05) is 0 Å². The van der Waals surface area contributed by atoms with Crippen LogP contribution in [-0.2, 0) is 9.59 Å². The van der Waals surface area contributed by atoms with E-state index >= 15 is 0 Å². The van der Waals surface area contributed by atoms with Crippen molar-refractivity contribution >= 4 is 11.9 Å². The molecule has 0 radical (unpaired) electrons. The van der Waals surface area contributed by atoms with Gasteiger partial charge in [0.2, 0.25) is 0 Å². The molecule has 0 fully saturated rings. The number of ether oxygens (including phenoxy) is 2. The highest BCUT2D eigenvalue weighted by Gasteiger charge is 2.13. The van der Waals surface area contributed by atoms with E-state index in [1.54, 1.807) is 24.3 Å². The van der Waals surface area contributed by atoms with Gasteiger partial charge in [-0.1, -0.05) is 77.3 Å². The van der Waals surface area contributed by atoms with Gasteiger partial charge in [0.05, 0.1) is 0 Å². The van der Waals surface area contributed by atoms with Crippen LogP contribution < -0.4 is 9.47 Å². The molecule has 4 heteroatoms. The van der Waals surface area contributed by atoms with Crippen molar-refractivity contribution in [2.45, 2.75) is 90.9 Å². The first-order valence-corrected chi connectivity index (χ1v) is 10.2. The summed E-state index contributed by atoms with van der Waals surface area (Å²) in [6, 6.07) is 6.84. The number of carbonyl (C=O) groups is 2. The quantitative estimate of drug-likeness (QED) is 0.224. The zero-order valence-electron chi connectivity index (χ0n) is 16.4. The maximum Gasteiger partial charge on any atom is 0.311 e. The second-order valence-electron chi connectivity index (χ2n) is 6.72. The fourth-order valence-electron chi connectivity index (χ4n) is 2.69. The van der Waals surface area contributed by atoms with Crippen molar-refractivity contribution in [1.29, 1.82) is 0 Å². The Kier molecular flexibility index (Phi) is 12.2. The molecule has 1 aromatic rings. The largest absolute Gasteiger partial charge is 0.423 e. The molecule has 0 aliphatic rings. The summed E-state index contributed by atoms with van der Waals surface area (Å²) in [5.74, 6) is 0.0752. The zero-order valence-corrected chi connectivity index (χ0v) is 16.4. The molecular formula is C22H34O4. The Morgan fingerprint density at radius 3 is 1.58 bits per heavy atom. The van der Waals surface area contributed by atoms with Gasteiger partial charge in [-0.2, -0.15) is 0 Å². The van der Waals surface area contributed by atoms with E-state index in [1.807, 2.05) is 6.92 Å². The van der Waals surface area contributed by atoms with E-state index in [0.717, 1.165) is 25.7 Å². The number of hydrogen-bond donors (Lipinski definition) is 0. The summed E-state index contributed by atoms with van der Waals surface area (Å²) in [7, 11) is 0. The fourth-order valence-corrected chi connectivity index (χ4v) is 2.69. The summed E-state index contributed by atoms with van der Waals surface area (Å²) >= 11 is 0. The third-order valence-corrected chi connectivity index (χ3v) is 4.27.